The molecule has 3 aromatic rings. The number of hydrogen-bond donors (Lipinski definition) is 1. The lowest BCUT2D eigenvalue weighted by molar-refractivity contribution is -0.138. The van der Waals surface area contributed by atoms with E-state index in [1.165, 1.54) is 18.5 Å². The maximum atomic E-state index is 14.6. The standard InChI is InChI=1S/C21H15F7N6O/c22-13-3-2-12(15(16(13)23)17-29-5-1-6-30-17)18(35)34-7-4-20(24,25)14(34)10-33-19-31-8-11(9-32-19)21(26,27)28/h1-3,5-6,8-9,14H,4,7,10H2,(H,31,32,33). The van der Waals surface area contributed by atoms with Crippen molar-refractivity contribution in [3.05, 3.63) is 65.7 Å². The molecule has 1 atom stereocenters. The zero-order valence-corrected chi connectivity index (χ0v) is 17.5. The molecule has 1 aliphatic rings. The van der Waals surface area contributed by atoms with Crippen molar-refractivity contribution < 1.29 is 35.5 Å². The summed E-state index contributed by atoms with van der Waals surface area (Å²) in [5.74, 6) is -7.79. The number of benzene rings is 1. The van der Waals surface area contributed by atoms with Crippen LogP contribution in [0.1, 0.15) is 22.3 Å². The Morgan fingerprint density at radius 2 is 1.74 bits per heavy atom. The molecule has 3 heterocycles. The quantitative estimate of drug-likeness (QED) is 0.529. The molecule has 0 radical (unpaired) electrons. The minimum absolute atomic E-state index is 0.313. The smallest absolute Gasteiger partial charge is 0.352 e. The molecule has 1 saturated heterocycles. The molecule has 1 N–H and O–H groups in total. The van der Waals surface area contributed by atoms with E-state index in [2.05, 4.69) is 25.3 Å². The molecule has 1 unspecified atom stereocenters. The number of carbonyl (C=O) groups is 1. The van der Waals surface area contributed by atoms with E-state index >= 15 is 0 Å². The Hall–Kier alpha value is -3.84. The van der Waals surface area contributed by atoms with Crippen LogP contribution >= 0.6 is 0 Å². The van der Waals surface area contributed by atoms with Crippen molar-refractivity contribution in [2.24, 2.45) is 0 Å². The summed E-state index contributed by atoms with van der Waals surface area (Å²) in [6.07, 6.45) is -1.95. The second-order valence-corrected chi connectivity index (χ2v) is 7.56. The summed E-state index contributed by atoms with van der Waals surface area (Å²) in [4.78, 5) is 28.6. The first-order valence-corrected chi connectivity index (χ1v) is 10.1. The van der Waals surface area contributed by atoms with Crippen LogP contribution in [0.15, 0.2) is 43.0 Å². The maximum absolute atomic E-state index is 14.6. The maximum Gasteiger partial charge on any atom is 0.419 e. The van der Waals surface area contributed by atoms with Crippen LogP contribution in [0.25, 0.3) is 11.4 Å². The van der Waals surface area contributed by atoms with Gasteiger partial charge in [-0.1, -0.05) is 0 Å². The molecule has 0 saturated carbocycles. The average Bonchev–Trinajstić information content (AvgIpc) is 3.13. The molecule has 0 spiro atoms. The minimum Gasteiger partial charge on any atom is -0.352 e. The van der Waals surface area contributed by atoms with Gasteiger partial charge in [-0.05, 0) is 18.2 Å². The van der Waals surface area contributed by atoms with E-state index in [1.807, 2.05) is 0 Å². The largest absolute Gasteiger partial charge is 0.419 e. The van der Waals surface area contributed by atoms with E-state index in [9.17, 15) is 35.5 Å². The third-order valence-corrected chi connectivity index (χ3v) is 5.36. The molecule has 7 nitrogen and oxygen atoms in total. The highest BCUT2D eigenvalue weighted by Gasteiger charge is 2.51. The van der Waals surface area contributed by atoms with Crippen LogP contribution in [0, 0.1) is 11.6 Å². The molecule has 1 fully saturated rings. The fraction of sp³-hybridized carbons (Fsp3) is 0.286. The van der Waals surface area contributed by atoms with E-state index in [0.29, 0.717) is 18.5 Å². The van der Waals surface area contributed by atoms with Gasteiger partial charge in [0.05, 0.1) is 16.7 Å². The molecule has 0 aliphatic carbocycles. The van der Waals surface area contributed by atoms with Crippen LogP contribution in [0.4, 0.5) is 36.7 Å². The third-order valence-electron chi connectivity index (χ3n) is 5.36. The molecular weight excluding hydrogens is 485 g/mol. The molecule has 2 aromatic heterocycles. The number of likely N-dealkylation sites (tertiary alicyclic amines) is 1. The summed E-state index contributed by atoms with van der Waals surface area (Å²) in [6, 6.07) is 1.27. The lowest BCUT2D eigenvalue weighted by Crippen LogP contribution is -2.47. The van der Waals surface area contributed by atoms with Crippen molar-refractivity contribution in [2.75, 3.05) is 18.4 Å². The second-order valence-electron chi connectivity index (χ2n) is 7.56. The molecule has 0 bridgehead atoms. The summed E-state index contributed by atoms with van der Waals surface area (Å²) in [6.45, 7) is -1.04. The fourth-order valence-corrected chi connectivity index (χ4v) is 3.61. The Balaban J connectivity index is 1.61. The molecule has 1 aliphatic heterocycles. The topological polar surface area (TPSA) is 83.9 Å². The number of amides is 1. The molecule has 1 aromatic carbocycles. The number of aromatic nitrogens is 4. The van der Waals surface area contributed by atoms with Crippen molar-refractivity contribution in [3.8, 4) is 11.4 Å². The van der Waals surface area contributed by atoms with Crippen molar-refractivity contribution in [1.82, 2.24) is 24.8 Å². The van der Waals surface area contributed by atoms with Gasteiger partial charge in [0.2, 0.25) is 5.95 Å². The van der Waals surface area contributed by atoms with E-state index in [4.69, 9.17) is 0 Å². The van der Waals surface area contributed by atoms with Gasteiger partial charge in [-0.25, -0.2) is 37.5 Å². The van der Waals surface area contributed by atoms with Gasteiger partial charge in [0.15, 0.2) is 17.5 Å². The van der Waals surface area contributed by atoms with E-state index < -0.39 is 71.9 Å². The first-order valence-electron chi connectivity index (χ1n) is 10.1. The van der Waals surface area contributed by atoms with E-state index in [0.717, 1.165) is 11.0 Å². The number of hydrogen-bond acceptors (Lipinski definition) is 6. The van der Waals surface area contributed by atoms with Gasteiger partial charge in [-0.2, -0.15) is 13.2 Å². The Bertz CT molecular complexity index is 1220. The predicted octanol–water partition coefficient (Wildman–Crippen LogP) is 4.19. The second kappa shape index (κ2) is 9.07. The number of nitrogens with zero attached hydrogens (tertiary/aromatic N) is 5. The number of carbonyl (C=O) groups excluding carboxylic acids is 1. The summed E-state index contributed by atoms with van der Waals surface area (Å²) in [5, 5.41) is 2.40. The van der Waals surface area contributed by atoms with Gasteiger partial charge in [-0.3, -0.25) is 4.79 Å². The lowest BCUT2D eigenvalue weighted by atomic mass is 10.0. The van der Waals surface area contributed by atoms with Crippen LogP contribution in [-0.4, -0.2) is 55.8 Å². The van der Waals surface area contributed by atoms with Crippen molar-refractivity contribution in [3.63, 3.8) is 0 Å². The van der Waals surface area contributed by atoms with Gasteiger partial charge in [-0.15, -0.1) is 0 Å². The van der Waals surface area contributed by atoms with Gasteiger partial charge in [0.1, 0.15) is 6.04 Å². The Morgan fingerprint density at radius 1 is 1.09 bits per heavy atom. The van der Waals surface area contributed by atoms with Crippen LogP contribution in [0.2, 0.25) is 0 Å². The summed E-state index contributed by atoms with van der Waals surface area (Å²) in [7, 11) is 0. The molecule has 1 amide bonds. The molecule has 4 rings (SSSR count). The number of alkyl halides is 5. The highest BCUT2D eigenvalue weighted by atomic mass is 19.4. The van der Waals surface area contributed by atoms with Crippen LogP contribution in [0.5, 0.6) is 0 Å². The number of rotatable bonds is 5. The molecule has 184 valence electrons. The monoisotopic (exact) mass is 500 g/mol. The highest BCUT2D eigenvalue weighted by molar-refractivity contribution is 6.00. The van der Waals surface area contributed by atoms with Gasteiger partial charge >= 0.3 is 6.18 Å². The van der Waals surface area contributed by atoms with Crippen LogP contribution < -0.4 is 5.32 Å². The van der Waals surface area contributed by atoms with Crippen molar-refractivity contribution in [2.45, 2.75) is 24.6 Å². The van der Waals surface area contributed by atoms with Crippen molar-refractivity contribution in [1.29, 1.82) is 0 Å². The van der Waals surface area contributed by atoms with Gasteiger partial charge < -0.3 is 10.2 Å². The van der Waals surface area contributed by atoms with Gasteiger partial charge in [0, 0.05) is 44.3 Å². The highest BCUT2D eigenvalue weighted by Crippen LogP contribution is 2.37. The Kier molecular flexibility index (Phi) is 6.30. The van der Waals surface area contributed by atoms with Gasteiger partial charge in [0.25, 0.3) is 11.8 Å². The van der Waals surface area contributed by atoms with E-state index in [1.54, 1.807) is 0 Å². The van der Waals surface area contributed by atoms with Crippen LogP contribution in [0.3, 0.4) is 0 Å². The average molecular weight is 500 g/mol. The predicted molar refractivity (Wildman–Crippen MR) is 107 cm³/mol. The van der Waals surface area contributed by atoms with Crippen molar-refractivity contribution >= 4 is 11.9 Å². The van der Waals surface area contributed by atoms with Crippen LogP contribution in [-0.2, 0) is 6.18 Å². The normalized spacial score (nSPS) is 17.5. The van der Waals surface area contributed by atoms with E-state index in [-0.39, 0.29) is 11.8 Å². The summed E-state index contributed by atoms with van der Waals surface area (Å²) >= 11 is 0. The molecule has 35 heavy (non-hydrogen) atoms. The fourth-order valence-electron chi connectivity index (χ4n) is 3.61. The number of anilines is 1. The Morgan fingerprint density at radius 3 is 2.37 bits per heavy atom. The summed E-state index contributed by atoms with van der Waals surface area (Å²) in [5.41, 5.74) is -2.13. The SMILES string of the molecule is O=C(c1ccc(F)c(F)c1-c1ncccn1)N1CCC(F)(F)C1CNc1ncc(C(F)(F)F)cn1. The zero-order valence-electron chi connectivity index (χ0n) is 17.5. The number of halogens is 7. The Labute approximate surface area is 193 Å². The zero-order chi connectivity index (χ0) is 25.4. The lowest BCUT2D eigenvalue weighted by Gasteiger charge is -2.28. The number of nitrogens with one attached hydrogen (secondary N) is 1. The molecular formula is C21H15F7N6O. The first kappa shape index (κ1) is 24.3. The molecule has 14 heteroatoms. The minimum atomic E-state index is -4.68. The summed E-state index contributed by atoms with van der Waals surface area (Å²) < 4.78 is 95.8. The first-order chi connectivity index (χ1) is 16.5. The third kappa shape index (κ3) is 4.86.